The Morgan fingerprint density at radius 3 is 2.95 bits per heavy atom. The summed E-state index contributed by atoms with van der Waals surface area (Å²) in [4.78, 5) is 2.45. The molecule has 0 aromatic heterocycles. The molecule has 1 aliphatic heterocycles. The maximum atomic E-state index is 9.89. The number of halogens is 1. The Hall–Kier alpha value is -0.730. The normalized spacial score (nSPS) is 21.3. The van der Waals surface area contributed by atoms with E-state index in [9.17, 15) is 5.11 Å². The predicted molar refractivity (Wildman–Crippen MR) is 80.6 cm³/mol. The standard InChI is InChI=1S/C16H24ClNO/c1-2-4-13-5-3-9-18(10-8-13)12-14-11-15(17)6-7-16(14)19/h6-7,11,13,19H,2-5,8-10,12H2,1H3. The summed E-state index contributed by atoms with van der Waals surface area (Å²) >= 11 is 6.00. The van der Waals surface area contributed by atoms with Crippen LogP contribution in [0.2, 0.25) is 5.02 Å². The maximum Gasteiger partial charge on any atom is 0.120 e. The van der Waals surface area contributed by atoms with Gasteiger partial charge in [0.25, 0.3) is 0 Å². The number of nitrogens with zero attached hydrogens (tertiary/aromatic N) is 1. The second-order valence-corrected chi connectivity index (χ2v) is 6.07. The highest BCUT2D eigenvalue weighted by Gasteiger charge is 2.17. The fourth-order valence-corrected chi connectivity index (χ4v) is 3.20. The summed E-state index contributed by atoms with van der Waals surface area (Å²) in [6.45, 7) is 5.35. The van der Waals surface area contributed by atoms with E-state index < -0.39 is 0 Å². The highest BCUT2D eigenvalue weighted by atomic mass is 35.5. The fourth-order valence-electron chi connectivity index (χ4n) is 3.00. The first-order chi connectivity index (χ1) is 9.19. The first-order valence-corrected chi connectivity index (χ1v) is 7.76. The molecule has 1 atom stereocenters. The average molecular weight is 282 g/mol. The highest BCUT2D eigenvalue weighted by molar-refractivity contribution is 6.30. The Kier molecular flexibility index (Phi) is 5.53. The molecule has 19 heavy (non-hydrogen) atoms. The minimum Gasteiger partial charge on any atom is -0.508 e. The second-order valence-electron chi connectivity index (χ2n) is 5.63. The lowest BCUT2D eigenvalue weighted by atomic mass is 9.96. The summed E-state index contributed by atoms with van der Waals surface area (Å²) in [5.41, 5.74) is 0.946. The van der Waals surface area contributed by atoms with E-state index in [0.29, 0.717) is 10.8 Å². The van der Waals surface area contributed by atoms with E-state index in [0.717, 1.165) is 31.1 Å². The number of aromatic hydroxyl groups is 1. The molecule has 1 unspecified atom stereocenters. The minimum atomic E-state index is 0.360. The first-order valence-electron chi connectivity index (χ1n) is 7.38. The molecule has 1 N–H and O–H groups in total. The molecule has 2 nitrogen and oxygen atoms in total. The Morgan fingerprint density at radius 2 is 2.16 bits per heavy atom. The van der Waals surface area contributed by atoms with Crippen molar-refractivity contribution in [2.24, 2.45) is 5.92 Å². The zero-order chi connectivity index (χ0) is 13.7. The van der Waals surface area contributed by atoms with Crippen LogP contribution in [0.15, 0.2) is 18.2 Å². The van der Waals surface area contributed by atoms with Crippen LogP contribution in [0.1, 0.15) is 44.6 Å². The Balaban J connectivity index is 1.94. The van der Waals surface area contributed by atoms with Gasteiger partial charge >= 0.3 is 0 Å². The third kappa shape index (κ3) is 4.39. The lowest BCUT2D eigenvalue weighted by Crippen LogP contribution is -2.24. The molecule has 106 valence electrons. The lowest BCUT2D eigenvalue weighted by molar-refractivity contribution is 0.267. The summed E-state index contributed by atoms with van der Waals surface area (Å²) in [6.07, 6.45) is 6.56. The average Bonchev–Trinajstić information content (AvgIpc) is 2.60. The van der Waals surface area contributed by atoms with Crippen molar-refractivity contribution in [1.82, 2.24) is 4.90 Å². The van der Waals surface area contributed by atoms with Gasteiger partial charge in [-0.15, -0.1) is 0 Å². The Labute approximate surface area is 121 Å². The molecule has 1 aromatic carbocycles. The Bertz CT molecular complexity index is 408. The number of phenolic OH excluding ortho intramolecular Hbond substituents is 1. The van der Waals surface area contributed by atoms with Crippen molar-refractivity contribution < 1.29 is 5.11 Å². The van der Waals surface area contributed by atoms with Gasteiger partial charge in [-0.1, -0.05) is 31.4 Å². The number of phenols is 1. The molecule has 1 aromatic rings. The SMILES string of the molecule is CCCC1CCCN(Cc2cc(Cl)ccc2O)CC1. The Morgan fingerprint density at radius 1 is 1.32 bits per heavy atom. The third-order valence-corrected chi connectivity index (χ3v) is 4.31. The molecule has 0 aliphatic carbocycles. The van der Waals surface area contributed by atoms with Gasteiger partial charge in [-0.25, -0.2) is 0 Å². The van der Waals surface area contributed by atoms with Gasteiger partial charge < -0.3 is 5.11 Å². The van der Waals surface area contributed by atoms with Crippen LogP contribution in [-0.4, -0.2) is 23.1 Å². The van der Waals surface area contributed by atoms with E-state index in [4.69, 9.17) is 11.6 Å². The maximum absolute atomic E-state index is 9.89. The fraction of sp³-hybridized carbons (Fsp3) is 0.625. The molecule has 3 heteroatoms. The lowest BCUT2D eigenvalue weighted by Gasteiger charge is -2.21. The number of likely N-dealkylation sites (tertiary alicyclic amines) is 1. The first kappa shape index (κ1) is 14.7. The van der Waals surface area contributed by atoms with Gasteiger partial charge in [0, 0.05) is 17.1 Å². The molecule has 0 amide bonds. The quantitative estimate of drug-likeness (QED) is 0.881. The van der Waals surface area contributed by atoms with Crippen LogP contribution in [-0.2, 0) is 6.54 Å². The molecule has 0 spiro atoms. The van der Waals surface area contributed by atoms with Crippen molar-refractivity contribution >= 4 is 11.6 Å². The van der Waals surface area contributed by atoms with Crippen LogP contribution in [0.5, 0.6) is 5.75 Å². The molecule has 1 heterocycles. The van der Waals surface area contributed by atoms with E-state index in [1.807, 2.05) is 6.07 Å². The molecule has 0 saturated carbocycles. The summed E-state index contributed by atoms with van der Waals surface area (Å²) < 4.78 is 0. The summed E-state index contributed by atoms with van der Waals surface area (Å²) in [7, 11) is 0. The van der Waals surface area contributed by atoms with Crippen LogP contribution in [0.4, 0.5) is 0 Å². The molecular formula is C16H24ClNO. The van der Waals surface area contributed by atoms with Crippen molar-refractivity contribution in [3.8, 4) is 5.75 Å². The smallest absolute Gasteiger partial charge is 0.120 e. The van der Waals surface area contributed by atoms with E-state index in [-0.39, 0.29) is 0 Å². The van der Waals surface area contributed by atoms with Crippen molar-refractivity contribution in [3.05, 3.63) is 28.8 Å². The largest absolute Gasteiger partial charge is 0.508 e. The van der Waals surface area contributed by atoms with E-state index >= 15 is 0 Å². The monoisotopic (exact) mass is 281 g/mol. The number of hydrogen-bond acceptors (Lipinski definition) is 2. The number of hydrogen-bond donors (Lipinski definition) is 1. The summed E-state index contributed by atoms with van der Waals surface area (Å²) in [5.74, 6) is 1.25. The molecule has 2 rings (SSSR count). The van der Waals surface area contributed by atoms with Crippen molar-refractivity contribution in [2.45, 2.75) is 45.6 Å². The van der Waals surface area contributed by atoms with E-state index in [1.54, 1.807) is 12.1 Å². The summed E-state index contributed by atoms with van der Waals surface area (Å²) in [5, 5.41) is 10.6. The van der Waals surface area contributed by atoms with Crippen molar-refractivity contribution in [2.75, 3.05) is 13.1 Å². The second kappa shape index (κ2) is 7.16. The summed E-state index contributed by atoms with van der Waals surface area (Å²) in [6, 6.07) is 5.31. The van der Waals surface area contributed by atoms with Gasteiger partial charge in [0.05, 0.1) is 0 Å². The number of rotatable bonds is 4. The van der Waals surface area contributed by atoms with E-state index in [2.05, 4.69) is 11.8 Å². The molecule has 1 aliphatic rings. The van der Waals surface area contributed by atoms with Gasteiger partial charge in [0.1, 0.15) is 5.75 Å². The van der Waals surface area contributed by atoms with Gasteiger partial charge in [0.15, 0.2) is 0 Å². The topological polar surface area (TPSA) is 23.5 Å². The highest BCUT2D eigenvalue weighted by Crippen LogP contribution is 2.26. The third-order valence-electron chi connectivity index (χ3n) is 4.07. The van der Waals surface area contributed by atoms with Crippen molar-refractivity contribution in [1.29, 1.82) is 0 Å². The molecule has 0 bridgehead atoms. The van der Waals surface area contributed by atoms with Crippen LogP contribution in [0.3, 0.4) is 0 Å². The molecule has 0 radical (unpaired) electrons. The van der Waals surface area contributed by atoms with Gasteiger partial charge in [0.2, 0.25) is 0 Å². The molecule has 1 fully saturated rings. The van der Waals surface area contributed by atoms with E-state index in [1.165, 1.54) is 32.1 Å². The van der Waals surface area contributed by atoms with Crippen molar-refractivity contribution in [3.63, 3.8) is 0 Å². The van der Waals surface area contributed by atoms with Gasteiger partial charge in [-0.2, -0.15) is 0 Å². The minimum absolute atomic E-state index is 0.360. The van der Waals surface area contributed by atoms with Crippen LogP contribution in [0.25, 0.3) is 0 Å². The van der Waals surface area contributed by atoms with Gasteiger partial charge in [-0.3, -0.25) is 4.90 Å². The predicted octanol–water partition coefficient (Wildman–Crippen LogP) is 4.45. The van der Waals surface area contributed by atoms with Crippen LogP contribution < -0.4 is 0 Å². The molecule has 1 saturated heterocycles. The van der Waals surface area contributed by atoms with Crippen LogP contribution in [0, 0.1) is 5.92 Å². The number of benzene rings is 1. The van der Waals surface area contributed by atoms with Crippen LogP contribution >= 0.6 is 11.6 Å². The zero-order valence-corrected chi connectivity index (χ0v) is 12.5. The zero-order valence-electron chi connectivity index (χ0n) is 11.7. The molecular weight excluding hydrogens is 258 g/mol. The van der Waals surface area contributed by atoms with Gasteiger partial charge in [-0.05, 0) is 56.5 Å².